The molecule has 0 unspecified atom stereocenters. The van der Waals surface area contributed by atoms with Crippen molar-refractivity contribution in [3.63, 3.8) is 0 Å². The normalized spacial score (nSPS) is 21.3. The summed E-state index contributed by atoms with van der Waals surface area (Å²) in [5.74, 6) is -2.06. The van der Waals surface area contributed by atoms with Crippen molar-refractivity contribution in [3.05, 3.63) is 47.1 Å². The van der Waals surface area contributed by atoms with Crippen LogP contribution in [0, 0.1) is 5.92 Å². The summed E-state index contributed by atoms with van der Waals surface area (Å²) >= 11 is 0. The highest BCUT2D eigenvalue weighted by molar-refractivity contribution is 5.89. The monoisotopic (exact) mass is 304 g/mol. The van der Waals surface area contributed by atoms with Crippen LogP contribution >= 0.6 is 0 Å². The van der Waals surface area contributed by atoms with Crippen molar-refractivity contribution in [3.8, 4) is 11.5 Å². The van der Waals surface area contributed by atoms with E-state index in [1.54, 1.807) is 0 Å². The minimum Gasteiger partial charge on any atom is -0.507 e. The maximum atomic E-state index is 11.0. The third-order valence-electron chi connectivity index (χ3n) is 4.18. The quantitative estimate of drug-likeness (QED) is 0.641. The number of carboxylic acid groups (broad SMARTS) is 1. The number of phenols is 2. The molecule has 0 bridgehead atoms. The van der Waals surface area contributed by atoms with Crippen molar-refractivity contribution in [1.82, 2.24) is 0 Å². The van der Waals surface area contributed by atoms with Crippen LogP contribution in [0.1, 0.15) is 41.6 Å². The van der Waals surface area contributed by atoms with E-state index in [0.717, 1.165) is 36.1 Å². The van der Waals surface area contributed by atoms with E-state index >= 15 is 0 Å². The molecule has 2 atom stereocenters. The Morgan fingerprint density at radius 1 is 1.32 bits per heavy atom. The molecule has 22 heavy (non-hydrogen) atoms. The van der Waals surface area contributed by atoms with E-state index in [9.17, 15) is 20.1 Å². The second-order valence-corrected chi connectivity index (χ2v) is 5.73. The maximum Gasteiger partial charge on any atom is 0.335 e. The van der Waals surface area contributed by atoms with Crippen molar-refractivity contribution < 1.29 is 25.2 Å². The Morgan fingerprint density at radius 2 is 1.91 bits per heavy atom. The highest BCUT2D eigenvalue weighted by Gasteiger charge is 2.31. The summed E-state index contributed by atoms with van der Waals surface area (Å²) in [7, 11) is 0. The zero-order valence-corrected chi connectivity index (χ0v) is 12.4. The first-order valence-electron chi connectivity index (χ1n) is 7.10. The number of aliphatic hydroxyl groups excluding tert-OH is 1. The van der Waals surface area contributed by atoms with Gasteiger partial charge in [0.2, 0.25) is 0 Å². The number of carbonyl (C=O) groups is 1. The molecule has 0 saturated carbocycles. The first kappa shape index (κ1) is 16.1. The summed E-state index contributed by atoms with van der Waals surface area (Å²) in [6.45, 7) is 5.77. The van der Waals surface area contributed by atoms with E-state index in [2.05, 4.69) is 6.58 Å². The van der Waals surface area contributed by atoms with Gasteiger partial charge in [0.25, 0.3) is 0 Å². The van der Waals surface area contributed by atoms with Crippen LogP contribution in [0.4, 0.5) is 0 Å². The molecule has 0 spiro atoms. The molecule has 1 aromatic carbocycles. The number of aromatic carboxylic acids is 1. The van der Waals surface area contributed by atoms with Gasteiger partial charge in [-0.2, -0.15) is 0 Å². The average molecular weight is 304 g/mol. The lowest BCUT2D eigenvalue weighted by molar-refractivity contribution is 0.0696. The molecule has 0 aromatic heterocycles. The van der Waals surface area contributed by atoms with Crippen molar-refractivity contribution in [2.45, 2.75) is 25.7 Å². The maximum absolute atomic E-state index is 11.0. The Labute approximate surface area is 128 Å². The van der Waals surface area contributed by atoms with Crippen LogP contribution in [0.2, 0.25) is 0 Å². The van der Waals surface area contributed by atoms with Gasteiger partial charge in [0.1, 0.15) is 11.5 Å². The average Bonchev–Trinajstić information content (AvgIpc) is 2.45. The van der Waals surface area contributed by atoms with Crippen LogP contribution in [-0.4, -0.2) is 33.0 Å². The molecule has 1 aromatic rings. The second-order valence-electron chi connectivity index (χ2n) is 5.73. The molecule has 4 N–H and O–H groups in total. The predicted octanol–water partition coefficient (Wildman–Crippen LogP) is 2.78. The summed E-state index contributed by atoms with van der Waals surface area (Å²) < 4.78 is 0. The van der Waals surface area contributed by atoms with Gasteiger partial charge >= 0.3 is 5.97 Å². The Morgan fingerprint density at radius 3 is 2.36 bits per heavy atom. The van der Waals surface area contributed by atoms with Crippen LogP contribution in [0.15, 0.2) is 35.9 Å². The van der Waals surface area contributed by atoms with E-state index in [4.69, 9.17) is 5.11 Å². The number of allylic oxidation sites excluding steroid dienone is 2. The van der Waals surface area contributed by atoms with Gasteiger partial charge in [-0.15, -0.1) is 0 Å². The second kappa shape index (κ2) is 6.23. The standard InChI is InChI=1S/C17H20O5/c1-9(2)12-4-3-10(8-18)5-13(12)16-14(19)6-11(17(21)22)7-15(16)20/h5-7,12-13,18-20H,1,3-4,8H2,2H3,(H,21,22)/t12-,13+/m0/s1. The molecule has 0 amide bonds. The first-order valence-corrected chi connectivity index (χ1v) is 7.10. The molecule has 1 aliphatic rings. The summed E-state index contributed by atoms with van der Waals surface area (Å²) in [5.41, 5.74) is 1.86. The Kier molecular flexibility index (Phi) is 4.56. The fraction of sp³-hybridized carbons (Fsp3) is 0.353. The molecule has 0 saturated heterocycles. The lowest BCUT2D eigenvalue weighted by Crippen LogP contribution is -2.18. The Balaban J connectivity index is 2.56. The van der Waals surface area contributed by atoms with Crippen molar-refractivity contribution in [2.24, 2.45) is 5.92 Å². The molecular formula is C17H20O5. The van der Waals surface area contributed by atoms with E-state index in [1.807, 2.05) is 13.0 Å². The van der Waals surface area contributed by atoms with Crippen LogP contribution in [0.3, 0.4) is 0 Å². The Hall–Kier alpha value is -2.27. The number of carboxylic acids is 1. The third-order valence-corrected chi connectivity index (χ3v) is 4.18. The largest absolute Gasteiger partial charge is 0.507 e. The van der Waals surface area contributed by atoms with Gasteiger partial charge < -0.3 is 20.4 Å². The topological polar surface area (TPSA) is 98.0 Å². The molecule has 0 aliphatic heterocycles. The van der Waals surface area contributed by atoms with Crippen LogP contribution < -0.4 is 0 Å². The molecule has 0 heterocycles. The number of phenolic OH excluding ortho intramolecular Hbond substituents is 2. The van der Waals surface area contributed by atoms with Crippen LogP contribution in [0.25, 0.3) is 0 Å². The summed E-state index contributed by atoms with van der Waals surface area (Å²) in [4.78, 5) is 11.0. The molecule has 0 fully saturated rings. The highest BCUT2D eigenvalue weighted by atomic mass is 16.4. The van der Waals surface area contributed by atoms with E-state index in [1.165, 1.54) is 0 Å². The fourth-order valence-electron chi connectivity index (χ4n) is 3.03. The predicted molar refractivity (Wildman–Crippen MR) is 82.2 cm³/mol. The first-order chi connectivity index (χ1) is 10.3. The number of benzene rings is 1. The zero-order valence-electron chi connectivity index (χ0n) is 12.4. The van der Waals surface area contributed by atoms with Crippen molar-refractivity contribution in [2.75, 3.05) is 6.61 Å². The van der Waals surface area contributed by atoms with Crippen LogP contribution in [-0.2, 0) is 0 Å². The number of aliphatic hydroxyl groups is 1. The molecule has 5 heteroatoms. The molecule has 118 valence electrons. The minimum atomic E-state index is -1.22. The Bertz CT molecular complexity index is 621. The minimum absolute atomic E-state index is 0.0165. The molecule has 2 rings (SSSR count). The van der Waals surface area contributed by atoms with Gasteiger partial charge in [-0.05, 0) is 43.4 Å². The van der Waals surface area contributed by atoms with E-state index in [-0.39, 0.29) is 41.1 Å². The van der Waals surface area contributed by atoms with Gasteiger partial charge in [0, 0.05) is 11.5 Å². The number of aromatic hydroxyl groups is 2. The van der Waals surface area contributed by atoms with Gasteiger partial charge in [-0.1, -0.05) is 18.2 Å². The molecule has 0 radical (unpaired) electrons. The van der Waals surface area contributed by atoms with Crippen molar-refractivity contribution >= 4 is 5.97 Å². The van der Waals surface area contributed by atoms with Crippen molar-refractivity contribution in [1.29, 1.82) is 0 Å². The smallest absolute Gasteiger partial charge is 0.335 e. The highest BCUT2D eigenvalue weighted by Crippen LogP contribution is 2.46. The number of rotatable bonds is 4. The lowest BCUT2D eigenvalue weighted by atomic mass is 9.73. The van der Waals surface area contributed by atoms with Gasteiger partial charge in [-0.3, -0.25) is 0 Å². The van der Waals surface area contributed by atoms with Gasteiger partial charge in [0.15, 0.2) is 0 Å². The molecule has 1 aliphatic carbocycles. The van der Waals surface area contributed by atoms with Gasteiger partial charge in [-0.25, -0.2) is 4.79 Å². The fourth-order valence-corrected chi connectivity index (χ4v) is 3.03. The summed E-state index contributed by atoms with van der Waals surface area (Å²) in [5, 5.41) is 38.7. The molecular weight excluding hydrogens is 284 g/mol. The number of hydrogen-bond donors (Lipinski definition) is 4. The lowest BCUT2D eigenvalue weighted by Gasteiger charge is -2.31. The number of hydrogen-bond acceptors (Lipinski definition) is 4. The van der Waals surface area contributed by atoms with E-state index < -0.39 is 5.97 Å². The summed E-state index contributed by atoms with van der Waals surface area (Å²) in [6, 6.07) is 2.27. The van der Waals surface area contributed by atoms with Gasteiger partial charge in [0.05, 0.1) is 12.2 Å². The SMILES string of the molecule is C=C(C)[C@@H]1CCC(CO)=C[C@H]1c1c(O)cc(C(=O)O)cc1O. The molecule has 5 nitrogen and oxygen atoms in total. The zero-order chi connectivity index (χ0) is 16.4. The third kappa shape index (κ3) is 2.99. The van der Waals surface area contributed by atoms with Crippen LogP contribution in [0.5, 0.6) is 11.5 Å². The summed E-state index contributed by atoms with van der Waals surface area (Å²) in [6.07, 6.45) is 3.32. The van der Waals surface area contributed by atoms with E-state index in [0.29, 0.717) is 0 Å².